The van der Waals surface area contributed by atoms with Gasteiger partial charge in [-0.1, -0.05) is 23.2 Å². The van der Waals surface area contributed by atoms with E-state index in [2.05, 4.69) is 0 Å². The lowest BCUT2D eigenvalue weighted by Gasteiger charge is -2.04. The maximum Gasteiger partial charge on any atom is 0.334 e. The van der Waals surface area contributed by atoms with E-state index in [1.54, 1.807) is 31.4 Å². The number of rotatable bonds is 1. The molecule has 2 N–H and O–H groups in total. The van der Waals surface area contributed by atoms with Gasteiger partial charge in [-0.05, 0) is 18.2 Å². The lowest BCUT2D eigenvalue weighted by molar-refractivity contribution is 0.825. The fourth-order valence-corrected chi connectivity index (χ4v) is 1.76. The van der Waals surface area contributed by atoms with Gasteiger partial charge in [-0.25, -0.2) is 9.36 Å². The standard InChI is InChI=1S/C10H9Cl2N3O/c1-14-5-9(13)15(10(14)16)6-2-3-7(11)8(12)4-6/h2-5H,13H2,1H3. The van der Waals surface area contributed by atoms with Gasteiger partial charge in [-0.3, -0.25) is 4.57 Å². The van der Waals surface area contributed by atoms with E-state index >= 15 is 0 Å². The fraction of sp³-hybridized carbons (Fsp3) is 0.100. The van der Waals surface area contributed by atoms with Gasteiger partial charge in [0.25, 0.3) is 0 Å². The fourth-order valence-electron chi connectivity index (χ4n) is 1.46. The predicted molar refractivity (Wildman–Crippen MR) is 65.4 cm³/mol. The Morgan fingerprint density at radius 1 is 1.25 bits per heavy atom. The summed E-state index contributed by atoms with van der Waals surface area (Å²) in [7, 11) is 1.63. The number of hydrogen-bond acceptors (Lipinski definition) is 2. The molecule has 0 bridgehead atoms. The Bertz CT molecular complexity index is 601. The van der Waals surface area contributed by atoms with Crippen molar-refractivity contribution in [1.29, 1.82) is 0 Å². The number of aryl methyl sites for hydroxylation is 1. The Balaban J connectivity index is 2.68. The van der Waals surface area contributed by atoms with Crippen LogP contribution >= 0.6 is 23.2 Å². The van der Waals surface area contributed by atoms with Crippen molar-refractivity contribution >= 4 is 29.0 Å². The Hall–Kier alpha value is -1.39. The summed E-state index contributed by atoms with van der Waals surface area (Å²) < 4.78 is 2.76. The summed E-state index contributed by atoms with van der Waals surface area (Å²) in [5.74, 6) is 0.353. The van der Waals surface area contributed by atoms with Crippen molar-refractivity contribution in [1.82, 2.24) is 9.13 Å². The number of hydrogen-bond donors (Lipinski definition) is 1. The topological polar surface area (TPSA) is 52.9 Å². The number of benzene rings is 1. The molecule has 2 rings (SSSR count). The number of aromatic nitrogens is 2. The molecule has 0 fully saturated rings. The second-order valence-electron chi connectivity index (χ2n) is 3.38. The van der Waals surface area contributed by atoms with E-state index in [1.807, 2.05) is 0 Å². The van der Waals surface area contributed by atoms with E-state index in [1.165, 1.54) is 9.13 Å². The predicted octanol–water partition coefficient (Wildman–Crippen LogP) is 2.06. The summed E-state index contributed by atoms with van der Waals surface area (Å²) >= 11 is 11.7. The van der Waals surface area contributed by atoms with Crippen molar-refractivity contribution in [2.24, 2.45) is 7.05 Å². The number of nitrogens with zero attached hydrogens (tertiary/aromatic N) is 2. The molecule has 0 radical (unpaired) electrons. The van der Waals surface area contributed by atoms with Crippen LogP contribution in [0.25, 0.3) is 5.69 Å². The highest BCUT2D eigenvalue weighted by Crippen LogP contribution is 2.24. The third-order valence-corrected chi connectivity index (χ3v) is 2.98. The monoisotopic (exact) mass is 257 g/mol. The van der Waals surface area contributed by atoms with Crippen LogP contribution in [-0.2, 0) is 7.05 Å². The minimum Gasteiger partial charge on any atom is -0.383 e. The number of anilines is 1. The van der Waals surface area contributed by atoms with Crippen LogP contribution in [0.15, 0.2) is 29.2 Å². The summed E-state index contributed by atoms with van der Waals surface area (Å²) in [5, 5.41) is 0.822. The van der Waals surface area contributed by atoms with Gasteiger partial charge in [0.1, 0.15) is 5.82 Å². The molecular formula is C10H9Cl2N3O. The molecule has 0 saturated heterocycles. The first-order valence-electron chi connectivity index (χ1n) is 4.50. The van der Waals surface area contributed by atoms with Gasteiger partial charge in [0.05, 0.1) is 15.7 Å². The van der Waals surface area contributed by atoms with Gasteiger partial charge < -0.3 is 5.73 Å². The van der Waals surface area contributed by atoms with E-state index in [0.29, 0.717) is 21.6 Å². The lowest BCUT2D eigenvalue weighted by Crippen LogP contribution is -2.21. The molecule has 1 heterocycles. The third kappa shape index (κ3) is 1.70. The summed E-state index contributed by atoms with van der Waals surface area (Å²) in [6.07, 6.45) is 1.55. The summed E-state index contributed by atoms with van der Waals surface area (Å²) in [4.78, 5) is 11.8. The first-order chi connectivity index (χ1) is 7.50. The molecule has 0 atom stereocenters. The molecule has 0 unspecified atom stereocenters. The minimum absolute atomic E-state index is 0.226. The number of halogens is 2. The Kier molecular flexibility index (Phi) is 2.69. The van der Waals surface area contributed by atoms with E-state index < -0.39 is 0 Å². The average molecular weight is 258 g/mol. The zero-order valence-corrected chi connectivity index (χ0v) is 9.96. The SMILES string of the molecule is Cn1cc(N)n(-c2ccc(Cl)c(Cl)c2)c1=O. The number of nitrogens with two attached hydrogens (primary N) is 1. The molecule has 4 nitrogen and oxygen atoms in total. The highest BCUT2D eigenvalue weighted by atomic mass is 35.5. The van der Waals surface area contributed by atoms with E-state index in [-0.39, 0.29) is 5.69 Å². The lowest BCUT2D eigenvalue weighted by atomic mass is 10.3. The van der Waals surface area contributed by atoms with Crippen LogP contribution in [0.4, 0.5) is 5.82 Å². The van der Waals surface area contributed by atoms with Crippen LogP contribution in [0.2, 0.25) is 10.0 Å². The average Bonchev–Trinajstić information content (AvgIpc) is 2.47. The van der Waals surface area contributed by atoms with Gasteiger partial charge in [-0.2, -0.15) is 0 Å². The van der Waals surface area contributed by atoms with E-state index in [9.17, 15) is 4.79 Å². The second kappa shape index (κ2) is 3.88. The Morgan fingerprint density at radius 3 is 2.44 bits per heavy atom. The molecule has 84 valence electrons. The van der Waals surface area contributed by atoms with Gasteiger partial charge >= 0.3 is 5.69 Å². The maximum absolute atomic E-state index is 11.8. The molecule has 0 saturated carbocycles. The van der Waals surface area contributed by atoms with Crippen molar-refractivity contribution in [3.63, 3.8) is 0 Å². The largest absolute Gasteiger partial charge is 0.383 e. The van der Waals surface area contributed by atoms with Crippen molar-refractivity contribution in [2.45, 2.75) is 0 Å². The normalized spacial score (nSPS) is 10.7. The first kappa shape index (κ1) is 11.1. The zero-order chi connectivity index (χ0) is 11.9. The van der Waals surface area contributed by atoms with Crippen molar-refractivity contribution in [3.8, 4) is 5.69 Å². The second-order valence-corrected chi connectivity index (χ2v) is 4.20. The molecule has 0 aliphatic heterocycles. The molecule has 1 aromatic carbocycles. The van der Waals surface area contributed by atoms with Crippen molar-refractivity contribution in [2.75, 3.05) is 5.73 Å². The summed E-state index contributed by atoms with van der Waals surface area (Å²) in [6.45, 7) is 0. The summed E-state index contributed by atoms with van der Waals surface area (Å²) in [6, 6.07) is 4.91. The highest BCUT2D eigenvalue weighted by molar-refractivity contribution is 6.42. The Morgan fingerprint density at radius 2 is 1.94 bits per heavy atom. The zero-order valence-electron chi connectivity index (χ0n) is 8.45. The highest BCUT2D eigenvalue weighted by Gasteiger charge is 2.09. The van der Waals surface area contributed by atoms with Crippen LogP contribution in [-0.4, -0.2) is 9.13 Å². The van der Waals surface area contributed by atoms with E-state index in [4.69, 9.17) is 28.9 Å². The van der Waals surface area contributed by atoms with Crippen LogP contribution in [0.5, 0.6) is 0 Å². The first-order valence-corrected chi connectivity index (χ1v) is 5.25. The summed E-state index contributed by atoms with van der Waals surface area (Å²) in [5.41, 5.74) is 6.10. The van der Waals surface area contributed by atoms with Gasteiger partial charge in [-0.15, -0.1) is 0 Å². The molecule has 0 aliphatic rings. The smallest absolute Gasteiger partial charge is 0.334 e. The van der Waals surface area contributed by atoms with Crippen LogP contribution in [0.3, 0.4) is 0 Å². The quantitative estimate of drug-likeness (QED) is 0.851. The molecule has 2 aromatic rings. The van der Waals surface area contributed by atoms with Crippen LogP contribution < -0.4 is 11.4 Å². The third-order valence-electron chi connectivity index (χ3n) is 2.24. The molecular weight excluding hydrogens is 249 g/mol. The molecule has 0 spiro atoms. The van der Waals surface area contributed by atoms with Crippen molar-refractivity contribution in [3.05, 3.63) is 44.9 Å². The number of imidazole rings is 1. The molecule has 0 aliphatic carbocycles. The molecule has 1 aromatic heterocycles. The van der Waals surface area contributed by atoms with Crippen LogP contribution in [0, 0.1) is 0 Å². The van der Waals surface area contributed by atoms with Gasteiger partial charge in [0.2, 0.25) is 0 Å². The Labute approximate surface area is 102 Å². The molecule has 16 heavy (non-hydrogen) atoms. The molecule has 0 amide bonds. The van der Waals surface area contributed by atoms with Gasteiger partial charge in [0.15, 0.2) is 0 Å². The molecule has 6 heteroatoms. The van der Waals surface area contributed by atoms with Gasteiger partial charge in [0, 0.05) is 13.2 Å². The van der Waals surface area contributed by atoms with E-state index in [0.717, 1.165) is 0 Å². The number of nitrogen functional groups attached to an aromatic ring is 1. The van der Waals surface area contributed by atoms with Crippen molar-refractivity contribution < 1.29 is 0 Å². The maximum atomic E-state index is 11.8. The van der Waals surface area contributed by atoms with Crippen LogP contribution in [0.1, 0.15) is 0 Å². The minimum atomic E-state index is -0.226.